The highest BCUT2D eigenvalue weighted by Crippen LogP contribution is 2.33. The van der Waals surface area contributed by atoms with E-state index >= 15 is 0 Å². The van der Waals surface area contributed by atoms with Gasteiger partial charge >= 0.3 is 6.18 Å². The molecule has 1 unspecified atom stereocenters. The molecule has 0 aliphatic carbocycles. The Morgan fingerprint density at radius 1 is 1.14 bits per heavy atom. The summed E-state index contributed by atoms with van der Waals surface area (Å²) in [5.74, 6) is 0.139. The maximum atomic E-state index is 13.5. The van der Waals surface area contributed by atoms with Crippen molar-refractivity contribution in [2.45, 2.75) is 45.8 Å². The van der Waals surface area contributed by atoms with E-state index in [0.717, 1.165) is 29.4 Å². The molecule has 9 heteroatoms. The lowest BCUT2D eigenvalue weighted by atomic mass is 9.95. The number of benzene rings is 2. The molecule has 1 atom stereocenters. The van der Waals surface area contributed by atoms with Crippen molar-refractivity contribution in [3.05, 3.63) is 64.7 Å². The molecule has 0 saturated heterocycles. The van der Waals surface area contributed by atoms with Gasteiger partial charge in [0.25, 0.3) is 0 Å². The van der Waals surface area contributed by atoms with E-state index in [1.54, 1.807) is 6.07 Å². The Hall–Kier alpha value is -2.62. The molecule has 0 aromatic heterocycles. The van der Waals surface area contributed by atoms with Crippen molar-refractivity contribution in [3.63, 3.8) is 0 Å². The van der Waals surface area contributed by atoms with Crippen LogP contribution in [0.2, 0.25) is 0 Å². The number of carbonyl (C=O) groups excluding carboxylic acids is 1. The molecule has 3 rings (SSSR count). The average Bonchev–Trinajstić information content (AvgIpc) is 2.80. The highest BCUT2D eigenvalue weighted by atomic mass is 19.4. The molecule has 0 saturated carbocycles. The minimum absolute atomic E-state index is 0.0517. The van der Waals surface area contributed by atoms with Crippen LogP contribution in [0.5, 0.6) is 0 Å². The predicted molar refractivity (Wildman–Crippen MR) is 135 cm³/mol. The summed E-state index contributed by atoms with van der Waals surface area (Å²) in [6.45, 7) is 6.29. The molecular formula is C27H37F3N4O2. The number of likely N-dealkylation sites (N-methyl/N-ethyl adjacent to an activating group) is 1. The van der Waals surface area contributed by atoms with Crippen molar-refractivity contribution >= 4 is 11.6 Å². The van der Waals surface area contributed by atoms with Gasteiger partial charge in [-0.25, -0.2) is 0 Å². The summed E-state index contributed by atoms with van der Waals surface area (Å²) in [6.07, 6.45) is -4.64. The molecular weight excluding hydrogens is 469 g/mol. The van der Waals surface area contributed by atoms with E-state index < -0.39 is 18.0 Å². The van der Waals surface area contributed by atoms with Crippen LogP contribution in [-0.4, -0.2) is 72.2 Å². The molecule has 0 radical (unpaired) electrons. The van der Waals surface area contributed by atoms with Gasteiger partial charge in [-0.2, -0.15) is 13.2 Å². The van der Waals surface area contributed by atoms with Crippen LogP contribution in [0, 0.1) is 5.92 Å². The molecule has 0 fully saturated rings. The van der Waals surface area contributed by atoms with Gasteiger partial charge in [-0.05, 0) is 48.8 Å². The smallest absolute Gasteiger partial charge is 0.378 e. The van der Waals surface area contributed by atoms with Crippen molar-refractivity contribution in [3.8, 4) is 0 Å². The maximum Gasteiger partial charge on any atom is 0.416 e. The van der Waals surface area contributed by atoms with E-state index in [2.05, 4.69) is 19.2 Å². The van der Waals surface area contributed by atoms with E-state index in [4.69, 9.17) is 0 Å². The Morgan fingerprint density at radius 3 is 2.53 bits per heavy atom. The fourth-order valence-corrected chi connectivity index (χ4v) is 4.52. The van der Waals surface area contributed by atoms with Gasteiger partial charge in [0, 0.05) is 44.8 Å². The number of alkyl halides is 3. The third-order valence-electron chi connectivity index (χ3n) is 6.34. The molecule has 1 aliphatic heterocycles. The number of nitrogens with zero attached hydrogens (tertiary/aromatic N) is 3. The summed E-state index contributed by atoms with van der Waals surface area (Å²) >= 11 is 0. The first kappa shape index (κ1) is 28.0. The summed E-state index contributed by atoms with van der Waals surface area (Å²) in [7, 11) is 3.71. The zero-order valence-corrected chi connectivity index (χ0v) is 21.5. The van der Waals surface area contributed by atoms with E-state index in [1.807, 2.05) is 42.1 Å². The zero-order chi connectivity index (χ0) is 26.5. The van der Waals surface area contributed by atoms with Gasteiger partial charge in [0.15, 0.2) is 0 Å². The fourth-order valence-electron chi connectivity index (χ4n) is 4.52. The molecule has 198 valence electrons. The lowest BCUT2D eigenvalue weighted by Gasteiger charge is -2.35. The zero-order valence-electron chi connectivity index (χ0n) is 21.5. The number of nitrogens with one attached hydrogen (secondary N) is 1. The SMILES string of the molecule is CC(C)CN1Cc2cccc(NCC(=O)N(CCN(C)C)Cc3ccccc3C(F)(F)F)c2CC1O. The number of halogens is 3. The van der Waals surface area contributed by atoms with Gasteiger partial charge < -0.3 is 20.2 Å². The third kappa shape index (κ3) is 7.44. The van der Waals surface area contributed by atoms with Crippen LogP contribution in [0.4, 0.5) is 18.9 Å². The van der Waals surface area contributed by atoms with Crippen molar-refractivity contribution in [1.29, 1.82) is 0 Å². The molecule has 6 nitrogen and oxygen atoms in total. The van der Waals surface area contributed by atoms with Gasteiger partial charge in [0.2, 0.25) is 5.91 Å². The number of rotatable bonds is 10. The van der Waals surface area contributed by atoms with Gasteiger partial charge in [0.1, 0.15) is 6.23 Å². The van der Waals surface area contributed by atoms with E-state index in [-0.39, 0.29) is 24.6 Å². The van der Waals surface area contributed by atoms with Crippen molar-refractivity contribution < 1.29 is 23.1 Å². The summed E-state index contributed by atoms with van der Waals surface area (Å²) in [5.41, 5.74) is 2.19. The van der Waals surface area contributed by atoms with Crippen molar-refractivity contribution in [2.24, 2.45) is 5.92 Å². The van der Waals surface area contributed by atoms with Crippen LogP contribution in [0.25, 0.3) is 0 Å². The summed E-state index contributed by atoms with van der Waals surface area (Å²) in [5, 5.41) is 13.8. The van der Waals surface area contributed by atoms with E-state index in [1.165, 1.54) is 17.0 Å². The largest absolute Gasteiger partial charge is 0.416 e. The molecule has 36 heavy (non-hydrogen) atoms. The minimum Gasteiger partial charge on any atom is -0.378 e. The van der Waals surface area contributed by atoms with Crippen molar-refractivity contribution in [2.75, 3.05) is 45.6 Å². The molecule has 2 aromatic rings. The summed E-state index contributed by atoms with van der Waals surface area (Å²) < 4.78 is 40.6. The van der Waals surface area contributed by atoms with Crippen LogP contribution in [0.15, 0.2) is 42.5 Å². The molecule has 0 spiro atoms. The minimum atomic E-state index is -4.49. The number of hydrogen-bond acceptors (Lipinski definition) is 5. The first-order valence-corrected chi connectivity index (χ1v) is 12.3. The van der Waals surface area contributed by atoms with E-state index in [0.29, 0.717) is 32.0 Å². The second kappa shape index (κ2) is 12.1. The Morgan fingerprint density at radius 2 is 1.86 bits per heavy atom. The Labute approximate surface area is 211 Å². The number of hydrogen-bond donors (Lipinski definition) is 2. The molecule has 1 amide bonds. The van der Waals surface area contributed by atoms with Crippen LogP contribution < -0.4 is 5.32 Å². The topological polar surface area (TPSA) is 59.1 Å². The average molecular weight is 507 g/mol. The maximum absolute atomic E-state index is 13.5. The normalized spacial score (nSPS) is 16.3. The standard InChI is InChI=1S/C27H37F3N4O2/c1-19(2)16-34-17-20-9-7-11-24(22(20)14-25(34)35)31-15-26(36)33(13-12-32(3)4)18-21-8-5-6-10-23(21)27(28,29)30/h5-11,19,25,31,35H,12-18H2,1-4H3. The van der Waals surface area contributed by atoms with Gasteiger partial charge in [-0.15, -0.1) is 0 Å². The Bertz CT molecular complexity index is 1030. The quantitative estimate of drug-likeness (QED) is 0.510. The predicted octanol–water partition coefficient (Wildman–Crippen LogP) is 4.04. The highest BCUT2D eigenvalue weighted by molar-refractivity contribution is 5.81. The Balaban J connectivity index is 1.74. The second-order valence-corrected chi connectivity index (χ2v) is 10.1. The number of aliphatic hydroxyl groups excluding tert-OH is 1. The van der Waals surface area contributed by atoms with Gasteiger partial charge in [-0.1, -0.05) is 44.2 Å². The molecule has 0 bridgehead atoms. The monoisotopic (exact) mass is 506 g/mol. The van der Waals surface area contributed by atoms with Crippen LogP contribution in [-0.2, 0) is 30.5 Å². The summed E-state index contributed by atoms with van der Waals surface area (Å²) in [6, 6.07) is 11.2. The molecule has 1 heterocycles. The van der Waals surface area contributed by atoms with Crippen LogP contribution in [0.1, 0.15) is 36.1 Å². The van der Waals surface area contributed by atoms with Gasteiger partial charge in [-0.3, -0.25) is 9.69 Å². The number of amides is 1. The lowest BCUT2D eigenvalue weighted by molar-refractivity contribution is -0.139. The first-order chi connectivity index (χ1) is 17.0. The van der Waals surface area contributed by atoms with Crippen LogP contribution >= 0.6 is 0 Å². The number of anilines is 1. The van der Waals surface area contributed by atoms with E-state index in [9.17, 15) is 23.1 Å². The second-order valence-electron chi connectivity index (χ2n) is 10.1. The fraction of sp³-hybridized carbons (Fsp3) is 0.519. The van der Waals surface area contributed by atoms with Crippen molar-refractivity contribution in [1.82, 2.24) is 14.7 Å². The number of fused-ring (bicyclic) bond motifs is 1. The summed E-state index contributed by atoms with van der Waals surface area (Å²) in [4.78, 5) is 18.6. The van der Waals surface area contributed by atoms with Gasteiger partial charge in [0.05, 0.1) is 12.1 Å². The first-order valence-electron chi connectivity index (χ1n) is 12.3. The third-order valence-corrected chi connectivity index (χ3v) is 6.34. The number of carbonyl (C=O) groups is 1. The Kier molecular flexibility index (Phi) is 9.38. The highest BCUT2D eigenvalue weighted by Gasteiger charge is 2.33. The molecule has 2 N–H and O–H groups in total. The lowest BCUT2D eigenvalue weighted by Crippen LogP contribution is -2.42. The molecule has 2 aromatic carbocycles. The molecule has 1 aliphatic rings. The number of aliphatic hydroxyl groups is 1. The van der Waals surface area contributed by atoms with Crippen LogP contribution in [0.3, 0.4) is 0 Å².